The first kappa shape index (κ1) is 28.5. The number of hydrogen-bond donors (Lipinski definition) is 2. The number of hydrogen-bond acceptors (Lipinski definition) is 4. The van der Waals surface area contributed by atoms with Crippen LogP contribution < -0.4 is 15.5 Å². The Morgan fingerprint density at radius 1 is 1.19 bits per heavy atom. The van der Waals surface area contributed by atoms with Crippen LogP contribution in [0.2, 0.25) is 5.02 Å². The Labute approximate surface area is 227 Å². The van der Waals surface area contributed by atoms with Crippen molar-refractivity contribution in [2.24, 2.45) is 5.92 Å². The van der Waals surface area contributed by atoms with Crippen LogP contribution in [0.25, 0.3) is 0 Å². The van der Waals surface area contributed by atoms with Crippen molar-refractivity contribution in [3.8, 4) is 12.3 Å². The molecule has 1 saturated carbocycles. The standard InChI is InChI=1S/C25H22Cl3F2N3O4/c1-5-10-33(23(36)37-24(2,3)4)20-17(29)8-9-18(19(20)30)32-21(34)14-11-13(6-7-16(14)26)31-22(35)15-12-25(15,27)28/h1,6-9,11,15H,10,12H2,2-4H3,(H,31,35)(H,32,34)/t15-/m1/s1. The zero-order valence-corrected chi connectivity index (χ0v) is 22.2. The first-order valence-corrected chi connectivity index (χ1v) is 12.0. The molecule has 0 spiro atoms. The normalized spacial score (nSPS) is 15.8. The van der Waals surface area contributed by atoms with Gasteiger partial charge in [-0.05, 0) is 57.5 Å². The molecule has 0 radical (unpaired) electrons. The fourth-order valence-electron chi connectivity index (χ4n) is 3.22. The number of ether oxygens (including phenoxy) is 1. The van der Waals surface area contributed by atoms with E-state index >= 15 is 4.39 Å². The number of amides is 3. The molecule has 2 aromatic carbocycles. The van der Waals surface area contributed by atoms with Gasteiger partial charge in [0, 0.05) is 5.69 Å². The second kappa shape index (κ2) is 10.7. The summed E-state index contributed by atoms with van der Waals surface area (Å²) in [6.45, 7) is 4.24. The third-order valence-electron chi connectivity index (χ3n) is 5.07. The van der Waals surface area contributed by atoms with E-state index in [2.05, 4.69) is 16.6 Å². The van der Waals surface area contributed by atoms with Gasteiger partial charge < -0.3 is 15.4 Å². The van der Waals surface area contributed by atoms with Crippen molar-refractivity contribution in [1.29, 1.82) is 0 Å². The number of halogens is 5. The van der Waals surface area contributed by atoms with E-state index in [1.165, 1.54) is 18.2 Å². The fourth-order valence-corrected chi connectivity index (χ4v) is 3.93. The third-order valence-corrected chi connectivity index (χ3v) is 6.23. The number of rotatable bonds is 6. The lowest BCUT2D eigenvalue weighted by Crippen LogP contribution is -2.38. The predicted octanol–water partition coefficient (Wildman–Crippen LogP) is 6.38. The first-order chi connectivity index (χ1) is 17.1. The molecule has 0 saturated heterocycles. The van der Waals surface area contributed by atoms with Gasteiger partial charge in [-0.15, -0.1) is 29.6 Å². The molecule has 1 fully saturated rings. The van der Waals surface area contributed by atoms with Crippen molar-refractivity contribution < 1.29 is 27.9 Å². The predicted molar refractivity (Wildman–Crippen MR) is 139 cm³/mol. The number of anilines is 3. The van der Waals surface area contributed by atoms with Crippen LogP contribution in [0.3, 0.4) is 0 Å². The molecule has 2 N–H and O–H groups in total. The first-order valence-electron chi connectivity index (χ1n) is 10.9. The second-order valence-corrected chi connectivity index (χ2v) is 11.1. The summed E-state index contributed by atoms with van der Waals surface area (Å²) >= 11 is 18.0. The minimum atomic E-state index is -1.26. The van der Waals surface area contributed by atoms with Gasteiger partial charge in [-0.2, -0.15) is 0 Å². The largest absolute Gasteiger partial charge is 0.443 e. The van der Waals surface area contributed by atoms with Gasteiger partial charge in [-0.25, -0.2) is 13.6 Å². The second-order valence-electron chi connectivity index (χ2n) is 9.18. The van der Waals surface area contributed by atoms with Crippen LogP contribution in [0.1, 0.15) is 37.6 Å². The van der Waals surface area contributed by atoms with E-state index in [1.54, 1.807) is 20.8 Å². The molecular weight excluding hydrogens is 551 g/mol. The van der Waals surface area contributed by atoms with E-state index in [9.17, 15) is 18.8 Å². The Hall–Kier alpha value is -3.06. The molecule has 37 heavy (non-hydrogen) atoms. The summed E-state index contributed by atoms with van der Waals surface area (Å²) in [5.41, 5.74) is -2.11. The molecule has 3 rings (SSSR count). The summed E-state index contributed by atoms with van der Waals surface area (Å²) < 4.78 is 34.1. The van der Waals surface area contributed by atoms with Crippen LogP contribution in [-0.2, 0) is 9.53 Å². The lowest BCUT2D eigenvalue weighted by molar-refractivity contribution is -0.117. The Morgan fingerprint density at radius 3 is 2.41 bits per heavy atom. The van der Waals surface area contributed by atoms with E-state index < -0.39 is 63.3 Å². The molecule has 3 amide bonds. The molecule has 0 aromatic heterocycles. The van der Waals surface area contributed by atoms with Crippen LogP contribution in [0.5, 0.6) is 0 Å². The van der Waals surface area contributed by atoms with Crippen LogP contribution in [-0.4, -0.2) is 34.4 Å². The highest BCUT2D eigenvalue weighted by atomic mass is 35.5. The van der Waals surface area contributed by atoms with Crippen LogP contribution in [0, 0.1) is 29.9 Å². The monoisotopic (exact) mass is 571 g/mol. The lowest BCUT2D eigenvalue weighted by atomic mass is 10.1. The summed E-state index contributed by atoms with van der Waals surface area (Å²) in [6.07, 6.45) is 4.50. The van der Waals surface area contributed by atoms with Gasteiger partial charge in [0.15, 0.2) is 5.82 Å². The highest BCUT2D eigenvalue weighted by Crippen LogP contribution is 2.53. The summed E-state index contributed by atoms with van der Waals surface area (Å²) in [4.78, 5) is 38.4. The van der Waals surface area contributed by atoms with Gasteiger partial charge in [0.2, 0.25) is 5.91 Å². The van der Waals surface area contributed by atoms with Gasteiger partial charge in [-0.3, -0.25) is 14.5 Å². The zero-order chi connectivity index (χ0) is 27.7. The molecule has 0 heterocycles. The van der Waals surface area contributed by atoms with E-state index in [4.69, 9.17) is 46.0 Å². The maximum atomic E-state index is 15.4. The number of carbonyl (C=O) groups excluding carboxylic acids is 3. The number of alkyl halides is 2. The van der Waals surface area contributed by atoms with Crippen molar-refractivity contribution >= 4 is 69.8 Å². The zero-order valence-electron chi connectivity index (χ0n) is 19.9. The molecule has 0 unspecified atom stereocenters. The Bertz CT molecular complexity index is 1310. The van der Waals surface area contributed by atoms with Gasteiger partial charge in [-0.1, -0.05) is 17.5 Å². The molecule has 196 valence electrons. The summed E-state index contributed by atoms with van der Waals surface area (Å²) in [5, 5.41) is 4.88. The van der Waals surface area contributed by atoms with Crippen molar-refractivity contribution in [3.05, 3.63) is 52.6 Å². The highest BCUT2D eigenvalue weighted by Gasteiger charge is 2.56. The van der Waals surface area contributed by atoms with Crippen molar-refractivity contribution in [2.75, 3.05) is 22.1 Å². The Kier molecular flexibility index (Phi) is 8.27. The molecule has 2 aromatic rings. The number of terminal acetylenes is 1. The Balaban J connectivity index is 1.87. The average molecular weight is 573 g/mol. The van der Waals surface area contributed by atoms with Crippen LogP contribution in [0.4, 0.5) is 30.6 Å². The fraction of sp³-hybridized carbons (Fsp3) is 0.320. The SMILES string of the molecule is C#CCN(C(=O)OC(C)(C)C)c1c(F)ccc(NC(=O)c2cc(NC(=O)[C@H]3CC3(Cl)Cl)ccc2Cl)c1F. The van der Waals surface area contributed by atoms with Crippen molar-refractivity contribution in [1.82, 2.24) is 0 Å². The summed E-state index contributed by atoms with van der Waals surface area (Å²) in [7, 11) is 0. The quantitative estimate of drug-likeness (QED) is 0.311. The molecule has 0 bridgehead atoms. The average Bonchev–Trinajstić information content (AvgIpc) is 3.43. The maximum Gasteiger partial charge on any atom is 0.415 e. The topological polar surface area (TPSA) is 87.7 Å². The highest BCUT2D eigenvalue weighted by molar-refractivity contribution is 6.52. The number of nitrogens with zero attached hydrogens (tertiary/aromatic N) is 1. The molecule has 12 heteroatoms. The molecule has 1 aliphatic rings. The number of benzene rings is 2. The van der Waals surface area contributed by atoms with Gasteiger partial charge in [0.05, 0.1) is 28.7 Å². The summed E-state index contributed by atoms with van der Waals surface area (Å²) in [5.74, 6) is -2.12. The third kappa shape index (κ3) is 6.83. The number of nitrogens with one attached hydrogen (secondary N) is 2. The maximum absolute atomic E-state index is 15.4. The summed E-state index contributed by atoms with van der Waals surface area (Å²) in [6, 6.07) is 5.92. The molecule has 1 aliphatic carbocycles. The van der Waals surface area contributed by atoms with Crippen LogP contribution >= 0.6 is 34.8 Å². The van der Waals surface area contributed by atoms with E-state index in [0.717, 1.165) is 12.1 Å². The van der Waals surface area contributed by atoms with Gasteiger partial charge >= 0.3 is 6.09 Å². The molecular formula is C25H22Cl3F2N3O4. The van der Waals surface area contributed by atoms with Crippen LogP contribution in [0.15, 0.2) is 30.3 Å². The smallest absolute Gasteiger partial charge is 0.415 e. The lowest BCUT2D eigenvalue weighted by Gasteiger charge is -2.27. The number of carbonyl (C=O) groups is 3. The molecule has 0 aliphatic heterocycles. The van der Waals surface area contributed by atoms with Gasteiger partial charge in [0.1, 0.15) is 21.4 Å². The van der Waals surface area contributed by atoms with Crippen molar-refractivity contribution in [3.63, 3.8) is 0 Å². The minimum absolute atomic E-state index is 0.00332. The molecule has 1 atom stereocenters. The van der Waals surface area contributed by atoms with Gasteiger partial charge in [0.25, 0.3) is 5.91 Å². The minimum Gasteiger partial charge on any atom is -0.443 e. The van der Waals surface area contributed by atoms with E-state index in [0.29, 0.717) is 4.90 Å². The molecule has 7 nitrogen and oxygen atoms in total. The van der Waals surface area contributed by atoms with E-state index in [1.807, 2.05) is 0 Å². The van der Waals surface area contributed by atoms with E-state index in [-0.39, 0.29) is 22.7 Å². The Morgan fingerprint density at radius 2 is 1.84 bits per heavy atom. The van der Waals surface area contributed by atoms with Crippen molar-refractivity contribution in [2.45, 2.75) is 37.1 Å².